The first-order valence-corrected chi connectivity index (χ1v) is 7.19. The van der Waals surface area contributed by atoms with Crippen molar-refractivity contribution in [3.8, 4) is 0 Å². The summed E-state index contributed by atoms with van der Waals surface area (Å²) in [5.41, 5.74) is -0.424. The summed E-state index contributed by atoms with van der Waals surface area (Å²) in [5.74, 6) is 0.946. The van der Waals surface area contributed by atoms with Gasteiger partial charge >= 0.3 is 0 Å². The van der Waals surface area contributed by atoms with E-state index in [0.717, 1.165) is 12.8 Å². The minimum Gasteiger partial charge on any atom is -0.255 e. The van der Waals surface area contributed by atoms with Crippen molar-refractivity contribution in [2.24, 2.45) is 16.7 Å². The molecule has 2 bridgehead atoms. The SMILES string of the molecule is CC1(C)C2CCC13CS(=O)(=O)N1O[C@]13C2. The Kier molecular flexibility index (Phi) is 1.13. The van der Waals surface area contributed by atoms with Gasteiger partial charge in [0.05, 0.1) is 5.75 Å². The molecule has 4 nitrogen and oxygen atoms in total. The van der Waals surface area contributed by atoms with Gasteiger partial charge in [-0.25, -0.2) is 8.42 Å². The fourth-order valence-electron chi connectivity index (χ4n) is 4.59. The molecule has 5 heteroatoms. The average Bonchev–Trinajstić information content (AvgIpc) is 2.70. The van der Waals surface area contributed by atoms with Crippen molar-refractivity contribution in [1.82, 2.24) is 4.47 Å². The van der Waals surface area contributed by atoms with E-state index in [9.17, 15) is 8.42 Å². The van der Waals surface area contributed by atoms with Crippen molar-refractivity contribution < 1.29 is 13.3 Å². The van der Waals surface area contributed by atoms with Gasteiger partial charge in [0.25, 0.3) is 0 Å². The van der Waals surface area contributed by atoms with Gasteiger partial charge in [0.2, 0.25) is 10.0 Å². The highest BCUT2D eigenvalue weighted by atomic mass is 32.2. The van der Waals surface area contributed by atoms with E-state index in [-0.39, 0.29) is 10.8 Å². The van der Waals surface area contributed by atoms with Crippen LogP contribution in [0.15, 0.2) is 0 Å². The van der Waals surface area contributed by atoms with E-state index in [1.807, 2.05) is 0 Å². The van der Waals surface area contributed by atoms with E-state index in [0.29, 0.717) is 11.7 Å². The maximum atomic E-state index is 11.9. The zero-order chi connectivity index (χ0) is 10.7. The molecule has 0 radical (unpaired) electrons. The molecule has 84 valence electrons. The first-order chi connectivity index (χ1) is 6.86. The molecular weight excluding hydrogens is 214 g/mol. The molecule has 2 spiro atoms. The zero-order valence-corrected chi connectivity index (χ0v) is 9.80. The number of sulfonamides is 1. The van der Waals surface area contributed by atoms with Crippen LogP contribution in [0.25, 0.3) is 0 Å². The number of nitrogens with zero attached hydrogens (tertiary/aromatic N) is 1. The second-order valence-corrected chi connectivity index (χ2v) is 7.89. The summed E-state index contributed by atoms with van der Waals surface area (Å²) in [7, 11) is -3.12. The number of rotatable bonds is 0. The summed E-state index contributed by atoms with van der Waals surface area (Å²) >= 11 is 0. The van der Waals surface area contributed by atoms with Crippen molar-refractivity contribution in [2.75, 3.05) is 5.75 Å². The van der Waals surface area contributed by atoms with Gasteiger partial charge in [-0.3, -0.25) is 4.84 Å². The van der Waals surface area contributed by atoms with E-state index in [1.54, 1.807) is 0 Å². The predicted octanol–water partition coefficient (Wildman–Crippen LogP) is 1.10. The molecule has 0 amide bonds. The third kappa shape index (κ3) is 0.626. The van der Waals surface area contributed by atoms with E-state index >= 15 is 0 Å². The molecule has 4 aliphatic rings. The van der Waals surface area contributed by atoms with Gasteiger partial charge < -0.3 is 0 Å². The molecule has 2 heterocycles. The first-order valence-electron chi connectivity index (χ1n) is 5.58. The number of hydrogen-bond acceptors (Lipinski definition) is 3. The smallest absolute Gasteiger partial charge is 0.239 e. The van der Waals surface area contributed by atoms with Crippen molar-refractivity contribution >= 4 is 10.0 Å². The molecule has 4 fully saturated rings. The Balaban J connectivity index is 1.99. The van der Waals surface area contributed by atoms with Gasteiger partial charge in [-0.15, -0.1) is 0 Å². The van der Waals surface area contributed by atoms with Crippen LogP contribution in [0.4, 0.5) is 0 Å². The predicted molar refractivity (Wildman–Crippen MR) is 53.0 cm³/mol. The van der Waals surface area contributed by atoms with Gasteiger partial charge in [0.15, 0.2) is 5.72 Å². The molecule has 0 aromatic rings. The average molecular weight is 229 g/mol. The number of fused-ring (bicyclic) bond motifs is 1. The van der Waals surface area contributed by atoms with Crippen LogP contribution in [-0.4, -0.2) is 24.4 Å². The lowest BCUT2D eigenvalue weighted by Crippen LogP contribution is -2.41. The second-order valence-electron chi connectivity index (χ2n) is 6.10. The van der Waals surface area contributed by atoms with Gasteiger partial charge in [0, 0.05) is 5.41 Å². The van der Waals surface area contributed by atoms with E-state index in [1.165, 1.54) is 10.9 Å². The van der Waals surface area contributed by atoms with Crippen LogP contribution in [0.1, 0.15) is 33.1 Å². The molecule has 2 saturated heterocycles. The summed E-state index contributed by atoms with van der Waals surface area (Å²) in [6, 6.07) is 0. The Bertz CT molecular complexity index is 471. The highest BCUT2D eigenvalue weighted by Crippen LogP contribution is 2.80. The summed E-state index contributed by atoms with van der Waals surface area (Å²) in [6.07, 6.45) is 3.10. The molecule has 0 aromatic carbocycles. The topological polar surface area (TPSA) is 49.7 Å². The molecule has 4 atom stereocenters. The maximum Gasteiger partial charge on any atom is 0.239 e. The van der Waals surface area contributed by atoms with Crippen molar-refractivity contribution in [2.45, 2.75) is 38.8 Å². The quantitative estimate of drug-likeness (QED) is 0.584. The summed E-state index contributed by atoms with van der Waals surface area (Å²) in [6.45, 7) is 4.44. The largest absolute Gasteiger partial charge is 0.255 e. The minimum absolute atomic E-state index is 0.116. The Morgan fingerprint density at radius 1 is 1.40 bits per heavy atom. The van der Waals surface area contributed by atoms with Crippen LogP contribution in [0.2, 0.25) is 0 Å². The van der Waals surface area contributed by atoms with Crippen molar-refractivity contribution in [3.63, 3.8) is 0 Å². The Hall–Kier alpha value is -0.130. The summed E-state index contributed by atoms with van der Waals surface area (Å²) < 4.78 is 25.1. The van der Waals surface area contributed by atoms with Crippen molar-refractivity contribution in [1.29, 1.82) is 0 Å². The maximum absolute atomic E-state index is 11.9. The highest BCUT2D eigenvalue weighted by molar-refractivity contribution is 7.89. The third-order valence-corrected chi connectivity index (χ3v) is 7.35. The van der Waals surface area contributed by atoms with Crippen LogP contribution in [0.3, 0.4) is 0 Å². The fourth-order valence-corrected chi connectivity index (χ4v) is 7.01. The van der Waals surface area contributed by atoms with Gasteiger partial charge in [0.1, 0.15) is 0 Å². The molecule has 4 rings (SSSR count). The molecule has 0 aromatic heterocycles. The van der Waals surface area contributed by atoms with Crippen molar-refractivity contribution in [3.05, 3.63) is 0 Å². The lowest BCUT2D eigenvalue weighted by Gasteiger charge is -2.36. The van der Waals surface area contributed by atoms with E-state index in [4.69, 9.17) is 4.84 Å². The standard InChI is InChI=1S/C10H15NO3S/c1-8(2)7-3-4-9(8)6-15(12,13)11-10(9,5-7)14-11/h7H,3-6H2,1-2H3/t7?,9?,10-,11?/m0/s1. The monoisotopic (exact) mass is 229 g/mol. The van der Waals surface area contributed by atoms with Gasteiger partial charge in [-0.05, 0) is 35.1 Å². The van der Waals surface area contributed by atoms with Crippen LogP contribution < -0.4 is 0 Å². The summed E-state index contributed by atoms with van der Waals surface area (Å²) in [5, 5.41) is 0. The van der Waals surface area contributed by atoms with E-state index in [2.05, 4.69) is 13.8 Å². The Labute approximate surface area is 89.6 Å². The normalized spacial score (nSPS) is 61.5. The Morgan fingerprint density at radius 3 is 2.67 bits per heavy atom. The molecule has 2 aliphatic heterocycles. The minimum atomic E-state index is -3.12. The zero-order valence-electron chi connectivity index (χ0n) is 8.99. The van der Waals surface area contributed by atoms with Gasteiger partial charge in [-0.2, -0.15) is 0 Å². The van der Waals surface area contributed by atoms with Crippen LogP contribution in [0, 0.1) is 16.7 Å². The van der Waals surface area contributed by atoms with Crippen LogP contribution in [-0.2, 0) is 14.9 Å². The molecule has 2 aliphatic carbocycles. The highest BCUT2D eigenvalue weighted by Gasteiger charge is 2.88. The lowest BCUT2D eigenvalue weighted by atomic mass is 9.68. The van der Waals surface area contributed by atoms with Crippen LogP contribution >= 0.6 is 0 Å². The lowest BCUT2D eigenvalue weighted by molar-refractivity contribution is 0.0724. The second kappa shape index (κ2) is 1.89. The van der Waals surface area contributed by atoms with Crippen LogP contribution in [0.5, 0.6) is 0 Å². The molecule has 15 heavy (non-hydrogen) atoms. The molecular formula is C10H15NO3S. The fraction of sp³-hybridized carbons (Fsp3) is 1.00. The first kappa shape index (κ1) is 8.96. The Morgan fingerprint density at radius 2 is 2.13 bits per heavy atom. The molecule has 0 N–H and O–H groups in total. The third-order valence-electron chi connectivity index (χ3n) is 5.62. The molecule has 2 saturated carbocycles. The number of hydroxylamine groups is 1. The van der Waals surface area contributed by atoms with Gasteiger partial charge in [-0.1, -0.05) is 13.8 Å². The number of hydrogen-bond donors (Lipinski definition) is 0. The molecule has 3 unspecified atom stereocenters. The summed E-state index contributed by atoms with van der Waals surface area (Å²) in [4.78, 5) is 5.49. The van der Waals surface area contributed by atoms with E-state index < -0.39 is 15.7 Å².